The van der Waals surface area contributed by atoms with Gasteiger partial charge in [0.2, 0.25) is 0 Å². The minimum Gasteiger partial charge on any atom is -0.334 e. The molecule has 64 valence electrons. The molecular weight excluding hydrogens is 183 g/mol. The highest BCUT2D eigenvalue weighted by Crippen LogP contribution is 2.01. The molecule has 1 aromatic heterocycles. The van der Waals surface area contributed by atoms with Crippen molar-refractivity contribution in [1.29, 1.82) is 0 Å². The fraction of sp³-hybridized carbons (Fsp3) is 0.571. The highest BCUT2D eigenvalue weighted by molar-refractivity contribution is 6.16. The van der Waals surface area contributed by atoms with Crippen LogP contribution in [0.4, 0.5) is 0 Å². The Morgan fingerprint density at radius 2 is 2.36 bits per heavy atom. The number of aromatic nitrogens is 2. The molecule has 0 aliphatic carbocycles. The van der Waals surface area contributed by atoms with E-state index < -0.39 is 0 Å². The lowest BCUT2D eigenvalue weighted by atomic mass is 10.5. The summed E-state index contributed by atoms with van der Waals surface area (Å²) in [7, 11) is 0. The van der Waals surface area contributed by atoms with Gasteiger partial charge in [0.05, 0.1) is 5.88 Å². The van der Waals surface area contributed by atoms with E-state index in [2.05, 4.69) is 16.5 Å². The van der Waals surface area contributed by atoms with E-state index in [0.29, 0.717) is 5.88 Å². The van der Waals surface area contributed by atoms with Gasteiger partial charge in [-0.15, -0.1) is 24.0 Å². The monoisotopic (exact) mass is 194 g/mol. The Kier molecular flexibility index (Phi) is 5.34. The number of alkyl halides is 1. The zero-order valence-electron chi connectivity index (χ0n) is 6.46. The van der Waals surface area contributed by atoms with Crippen molar-refractivity contribution in [1.82, 2.24) is 9.55 Å². The minimum absolute atomic E-state index is 0. The fourth-order valence-electron chi connectivity index (χ4n) is 0.916. The molecule has 0 spiro atoms. The molecule has 0 aliphatic heterocycles. The molecule has 0 amide bonds. The number of hydrogen-bond acceptors (Lipinski definition) is 1. The van der Waals surface area contributed by atoms with Crippen LogP contribution in [-0.4, -0.2) is 9.55 Å². The molecule has 1 aromatic rings. The van der Waals surface area contributed by atoms with Crippen molar-refractivity contribution >= 4 is 24.0 Å². The van der Waals surface area contributed by atoms with Crippen LogP contribution in [0.25, 0.3) is 0 Å². The second-order valence-corrected chi connectivity index (χ2v) is 2.44. The number of aryl methyl sites for hydroxylation is 1. The van der Waals surface area contributed by atoms with Gasteiger partial charge in [0.25, 0.3) is 0 Å². The van der Waals surface area contributed by atoms with Crippen LogP contribution >= 0.6 is 24.0 Å². The third-order valence-electron chi connectivity index (χ3n) is 1.39. The molecule has 4 heteroatoms. The average Bonchev–Trinajstić information content (AvgIpc) is 2.36. The first-order valence-corrected chi connectivity index (χ1v) is 3.98. The van der Waals surface area contributed by atoms with Gasteiger partial charge in [-0.25, -0.2) is 4.98 Å². The Morgan fingerprint density at radius 3 is 2.91 bits per heavy atom. The zero-order chi connectivity index (χ0) is 7.40. The van der Waals surface area contributed by atoms with Crippen molar-refractivity contribution in [2.24, 2.45) is 0 Å². The maximum atomic E-state index is 5.63. The lowest BCUT2D eigenvalue weighted by Crippen LogP contribution is -1.99. The second kappa shape index (κ2) is 5.44. The molecule has 1 heterocycles. The van der Waals surface area contributed by atoms with Gasteiger partial charge in [-0.1, -0.05) is 6.92 Å². The Labute approximate surface area is 78.0 Å². The molecule has 0 N–H and O–H groups in total. The number of halogens is 2. The maximum absolute atomic E-state index is 5.63. The minimum atomic E-state index is 0. The molecule has 0 saturated carbocycles. The van der Waals surface area contributed by atoms with E-state index in [1.165, 1.54) is 0 Å². The molecule has 2 nitrogen and oxygen atoms in total. The topological polar surface area (TPSA) is 17.8 Å². The Hall–Kier alpha value is -0.210. The molecule has 0 bridgehead atoms. The highest BCUT2D eigenvalue weighted by atomic mass is 35.5. The third kappa shape index (κ3) is 2.72. The summed E-state index contributed by atoms with van der Waals surface area (Å²) in [4.78, 5) is 4.08. The van der Waals surface area contributed by atoms with E-state index in [1.54, 1.807) is 6.20 Å². The van der Waals surface area contributed by atoms with Gasteiger partial charge >= 0.3 is 0 Å². The summed E-state index contributed by atoms with van der Waals surface area (Å²) in [5, 5.41) is 0. The quantitative estimate of drug-likeness (QED) is 0.677. The third-order valence-corrected chi connectivity index (χ3v) is 1.62. The molecule has 0 aromatic carbocycles. The summed E-state index contributed by atoms with van der Waals surface area (Å²) in [6, 6.07) is 0. The van der Waals surface area contributed by atoms with Gasteiger partial charge in [-0.05, 0) is 6.42 Å². The van der Waals surface area contributed by atoms with E-state index in [4.69, 9.17) is 11.6 Å². The lowest BCUT2D eigenvalue weighted by molar-refractivity contribution is 0.654. The van der Waals surface area contributed by atoms with Crippen LogP contribution in [0.15, 0.2) is 12.4 Å². The standard InChI is InChI=1S/C7H11ClN2.ClH/c1-2-4-10-5-3-9-7(10)6-8;/h3,5H,2,4,6H2,1H3;1H. The molecular formula is C7H12Cl2N2. The van der Waals surface area contributed by atoms with Crippen molar-refractivity contribution in [3.8, 4) is 0 Å². The van der Waals surface area contributed by atoms with E-state index in [9.17, 15) is 0 Å². The first kappa shape index (κ1) is 10.8. The van der Waals surface area contributed by atoms with Gasteiger partial charge in [0.1, 0.15) is 5.82 Å². The molecule has 11 heavy (non-hydrogen) atoms. The fourth-order valence-corrected chi connectivity index (χ4v) is 1.14. The van der Waals surface area contributed by atoms with Crippen molar-refractivity contribution < 1.29 is 0 Å². The van der Waals surface area contributed by atoms with Crippen molar-refractivity contribution in [3.05, 3.63) is 18.2 Å². The van der Waals surface area contributed by atoms with Crippen molar-refractivity contribution in [2.45, 2.75) is 25.8 Å². The van der Waals surface area contributed by atoms with Gasteiger partial charge in [-0.3, -0.25) is 0 Å². The predicted molar refractivity (Wildman–Crippen MR) is 49.3 cm³/mol. The Bertz CT molecular complexity index is 198. The van der Waals surface area contributed by atoms with Crippen molar-refractivity contribution in [2.75, 3.05) is 0 Å². The van der Waals surface area contributed by atoms with Crippen LogP contribution in [-0.2, 0) is 12.4 Å². The molecule has 0 aliphatic rings. The van der Waals surface area contributed by atoms with E-state index in [-0.39, 0.29) is 12.4 Å². The first-order chi connectivity index (χ1) is 4.88. The Morgan fingerprint density at radius 1 is 1.64 bits per heavy atom. The van der Waals surface area contributed by atoms with Gasteiger partial charge < -0.3 is 4.57 Å². The molecule has 1 rings (SSSR count). The maximum Gasteiger partial charge on any atom is 0.123 e. The summed E-state index contributed by atoms with van der Waals surface area (Å²) >= 11 is 5.63. The Balaban J connectivity index is 0.000001000. The SMILES string of the molecule is CCCn1ccnc1CCl.Cl. The molecule has 0 atom stereocenters. The van der Waals surface area contributed by atoms with Crippen LogP contribution in [0.3, 0.4) is 0 Å². The molecule has 0 fully saturated rings. The smallest absolute Gasteiger partial charge is 0.123 e. The summed E-state index contributed by atoms with van der Waals surface area (Å²) in [6.07, 6.45) is 4.87. The lowest BCUT2D eigenvalue weighted by Gasteiger charge is -2.01. The summed E-state index contributed by atoms with van der Waals surface area (Å²) < 4.78 is 2.08. The van der Waals surface area contributed by atoms with Crippen molar-refractivity contribution in [3.63, 3.8) is 0 Å². The number of imidazole rings is 1. The second-order valence-electron chi connectivity index (χ2n) is 2.17. The van der Waals surface area contributed by atoms with Crippen LogP contribution in [0.2, 0.25) is 0 Å². The summed E-state index contributed by atoms with van der Waals surface area (Å²) in [6.45, 7) is 3.15. The number of hydrogen-bond donors (Lipinski definition) is 0. The highest BCUT2D eigenvalue weighted by Gasteiger charge is 1.97. The van der Waals surface area contributed by atoms with Gasteiger partial charge in [0.15, 0.2) is 0 Å². The largest absolute Gasteiger partial charge is 0.334 e. The average molecular weight is 195 g/mol. The van der Waals surface area contributed by atoms with Gasteiger partial charge in [-0.2, -0.15) is 0 Å². The van der Waals surface area contributed by atoms with Crippen LogP contribution in [0.5, 0.6) is 0 Å². The number of rotatable bonds is 3. The van der Waals surface area contributed by atoms with E-state index in [0.717, 1.165) is 18.8 Å². The van der Waals surface area contributed by atoms with E-state index >= 15 is 0 Å². The van der Waals surface area contributed by atoms with E-state index in [1.807, 2.05) is 6.20 Å². The molecule has 0 saturated heterocycles. The van der Waals surface area contributed by atoms with Gasteiger partial charge in [0, 0.05) is 18.9 Å². The predicted octanol–water partition coefficient (Wildman–Crippen LogP) is 2.45. The molecule has 0 unspecified atom stereocenters. The van der Waals surface area contributed by atoms with Crippen LogP contribution < -0.4 is 0 Å². The molecule has 0 radical (unpaired) electrons. The number of nitrogens with zero attached hydrogens (tertiary/aromatic N) is 2. The normalized spacial score (nSPS) is 9.27. The summed E-state index contributed by atoms with van der Waals surface area (Å²) in [5.41, 5.74) is 0. The zero-order valence-corrected chi connectivity index (χ0v) is 8.03. The van der Waals surface area contributed by atoms with Crippen LogP contribution in [0, 0.1) is 0 Å². The first-order valence-electron chi connectivity index (χ1n) is 3.44. The summed E-state index contributed by atoms with van der Waals surface area (Å²) in [5.74, 6) is 1.47. The van der Waals surface area contributed by atoms with Crippen LogP contribution in [0.1, 0.15) is 19.2 Å².